The predicted molar refractivity (Wildman–Crippen MR) is 82.5 cm³/mol. The molecule has 0 heterocycles. The van der Waals surface area contributed by atoms with E-state index in [1.807, 2.05) is 0 Å². The first-order chi connectivity index (χ1) is 10.5. The molecule has 1 unspecified atom stereocenters. The second-order valence-electron chi connectivity index (χ2n) is 4.94. The number of methoxy groups -OCH3 is 1. The summed E-state index contributed by atoms with van der Waals surface area (Å²) in [6.45, 7) is 1.59. The lowest BCUT2D eigenvalue weighted by Gasteiger charge is -2.23. The third-order valence-corrected chi connectivity index (χ3v) is 4.61. The van der Waals surface area contributed by atoms with Crippen molar-refractivity contribution in [3.8, 4) is 0 Å². The minimum absolute atomic E-state index is 0.0360. The number of nitrogens with two attached hydrogens (primary N) is 2. The molecule has 1 aromatic rings. The predicted octanol–water partition coefficient (Wildman–Crippen LogP) is 0.354. The molecule has 0 fully saturated rings. The minimum Gasteiger partial charge on any atom is -0.468 e. The highest BCUT2D eigenvalue weighted by molar-refractivity contribution is 7.85. The van der Waals surface area contributed by atoms with Crippen molar-refractivity contribution in [1.82, 2.24) is 0 Å². The SMILES string of the molecule is COC(=O)[C@@H](N)C(CC(N)=O)c1cc(C)c(Cl)cc1S(=O)(=O)O. The second-order valence-corrected chi connectivity index (χ2v) is 6.74. The number of benzene rings is 1. The van der Waals surface area contributed by atoms with E-state index in [1.54, 1.807) is 6.92 Å². The van der Waals surface area contributed by atoms with Crippen LogP contribution in [0.5, 0.6) is 0 Å². The van der Waals surface area contributed by atoms with Crippen molar-refractivity contribution in [3.63, 3.8) is 0 Å². The monoisotopic (exact) mass is 364 g/mol. The van der Waals surface area contributed by atoms with Gasteiger partial charge in [-0.1, -0.05) is 17.7 Å². The number of halogens is 1. The van der Waals surface area contributed by atoms with E-state index in [0.717, 1.165) is 13.2 Å². The lowest BCUT2D eigenvalue weighted by molar-refractivity contribution is -0.142. The Bertz CT molecular complexity index is 734. The molecule has 23 heavy (non-hydrogen) atoms. The molecule has 2 atom stereocenters. The Morgan fingerprint density at radius 1 is 1.39 bits per heavy atom. The zero-order valence-corrected chi connectivity index (χ0v) is 14.0. The van der Waals surface area contributed by atoms with Crippen molar-refractivity contribution in [1.29, 1.82) is 0 Å². The van der Waals surface area contributed by atoms with Gasteiger partial charge in [0.2, 0.25) is 5.91 Å². The summed E-state index contributed by atoms with van der Waals surface area (Å²) in [5, 5.41) is 0.0887. The zero-order chi connectivity index (χ0) is 17.9. The maximum atomic E-state index is 11.7. The highest BCUT2D eigenvalue weighted by Gasteiger charge is 2.33. The lowest BCUT2D eigenvalue weighted by Crippen LogP contribution is -2.40. The number of primary amides is 1. The van der Waals surface area contributed by atoms with E-state index in [4.69, 9.17) is 23.1 Å². The summed E-state index contributed by atoms with van der Waals surface area (Å²) >= 11 is 5.88. The molecule has 0 aliphatic carbocycles. The van der Waals surface area contributed by atoms with Crippen LogP contribution in [-0.2, 0) is 24.4 Å². The molecule has 0 aliphatic rings. The molecular formula is C13H17ClN2O6S. The molecule has 5 N–H and O–H groups in total. The number of carbonyl (C=O) groups excluding carboxylic acids is 2. The summed E-state index contributed by atoms with van der Waals surface area (Å²) in [5.74, 6) is -2.76. The fraction of sp³-hybridized carbons (Fsp3) is 0.385. The van der Waals surface area contributed by atoms with E-state index >= 15 is 0 Å². The summed E-state index contributed by atoms with van der Waals surface area (Å²) in [6.07, 6.45) is -0.417. The first kappa shape index (κ1) is 19.4. The quantitative estimate of drug-likeness (QED) is 0.487. The lowest BCUT2D eigenvalue weighted by atomic mass is 9.87. The fourth-order valence-electron chi connectivity index (χ4n) is 2.15. The number of aryl methyl sites for hydroxylation is 1. The standard InChI is InChI=1S/C13H17ClN2O6S/c1-6-3-7(10(5-9(6)14)23(19,20)21)8(4-11(15)17)12(16)13(18)22-2/h3,5,8,12H,4,16H2,1-2H3,(H2,15,17)(H,19,20,21)/t8?,12-/m0/s1. The van der Waals surface area contributed by atoms with Gasteiger partial charge in [0.1, 0.15) is 6.04 Å². The number of hydrogen-bond donors (Lipinski definition) is 3. The van der Waals surface area contributed by atoms with Crippen molar-refractivity contribution in [2.24, 2.45) is 11.5 Å². The van der Waals surface area contributed by atoms with Crippen LogP contribution in [0.4, 0.5) is 0 Å². The van der Waals surface area contributed by atoms with Gasteiger partial charge >= 0.3 is 5.97 Å². The van der Waals surface area contributed by atoms with Gasteiger partial charge in [0.05, 0.1) is 12.0 Å². The summed E-state index contributed by atoms with van der Waals surface area (Å²) in [6, 6.07) is 1.01. The van der Waals surface area contributed by atoms with Crippen molar-refractivity contribution >= 4 is 33.6 Å². The molecular weight excluding hydrogens is 348 g/mol. The van der Waals surface area contributed by atoms with Gasteiger partial charge in [-0.15, -0.1) is 0 Å². The smallest absolute Gasteiger partial charge is 0.323 e. The Balaban J connectivity index is 3.61. The molecule has 0 radical (unpaired) electrons. The van der Waals surface area contributed by atoms with Gasteiger partial charge in [-0.2, -0.15) is 8.42 Å². The summed E-state index contributed by atoms with van der Waals surface area (Å²) < 4.78 is 37.1. The van der Waals surface area contributed by atoms with Crippen molar-refractivity contribution < 1.29 is 27.3 Å². The Morgan fingerprint density at radius 3 is 2.39 bits per heavy atom. The van der Waals surface area contributed by atoms with Gasteiger partial charge in [0.25, 0.3) is 10.1 Å². The molecule has 10 heteroatoms. The number of esters is 1. The molecule has 0 saturated heterocycles. The van der Waals surface area contributed by atoms with Gasteiger partial charge < -0.3 is 16.2 Å². The van der Waals surface area contributed by atoms with Gasteiger partial charge in [0.15, 0.2) is 0 Å². The Labute approximate surface area is 138 Å². The first-order valence-electron chi connectivity index (χ1n) is 6.38. The van der Waals surface area contributed by atoms with E-state index in [-0.39, 0.29) is 10.6 Å². The van der Waals surface area contributed by atoms with Crippen LogP contribution in [-0.4, -0.2) is 38.0 Å². The average Bonchev–Trinajstić information content (AvgIpc) is 2.44. The zero-order valence-electron chi connectivity index (χ0n) is 12.4. The Hall–Kier alpha value is -1.68. The van der Waals surface area contributed by atoms with Crippen LogP contribution in [0.1, 0.15) is 23.5 Å². The van der Waals surface area contributed by atoms with Gasteiger partial charge in [-0.05, 0) is 24.1 Å². The topological polar surface area (TPSA) is 150 Å². The highest BCUT2D eigenvalue weighted by atomic mass is 35.5. The molecule has 128 valence electrons. The molecule has 1 rings (SSSR count). The van der Waals surface area contributed by atoms with E-state index in [0.29, 0.717) is 5.56 Å². The molecule has 8 nitrogen and oxygen atoms in total. The van der Waals surface area contributed by atoms with E-state index in [2.05, 4.69) is 4.74 Å². The van der Waals surface area contributed by atoms with Crippen LogP contribution in [0.15, 0.2) is 17.0 Å². The number of hydrogen-bond acceptors (Lipinski definition) is 6. The summed E-state index contributed by atoms with van der Waals surface area (Å²) in [5.41, 5.74) is 11.4. The van der Waals surface area contributed by atoms with E-state index in [9.17, 15) is 22.6 Å². The van der Waals surface area contributed by atoms with Crippen molar-refractivity contribution in [3.05, 3.63) is 28.3 Å². The van der Waals surface area contributed by atoms with Gasteiger partial charge in [0, 0.05) is 17.4 Å². The van der Waals surface area contributed by atoms with Crippen LogP contribution in [0.2, 0.25) is 5.02 Å². The second kappa shape index (κ2) is 7.26. The molecule has 0 bridgehead atoms. The number of carbonyl (C=O) groups is 2. The normalized spacial score (nSPS) is 14.1. The third kappa shape index (κ3) is 4.64. The van der Waals surface area contributed by atoms with Gasteiger partial charge in [-0.25, -0.2) is 0 Å². The summed E-state index contributed by atoms with van der Waals surface area (Å²) in [7, 11) is -3.57. The van der Waals surface area contributed by atoms with Crippen LogP contribution in [0.3, 0.4) is 0 Å². The van der Waals surface area contributed by atoms with E-state index in [1.165, 1.54) is 6.07 Å². The van der Waals surface area contributed by atoms with Crippen LogP contribution in [0, 0.1) is 6.92 Å². The molecule has 0 spiro atoms. The maximum absolute atomic E-state index is 11.7. The average molecular weight is 365 g/mol. The van der Waals surface area contributed by atoms with Crippen LogP contribution >= 0.6 is 11.6 Å². The molecule has 1 aromatic carbocycles. The first-order valence-corrected chi connectivity index (χ1v) is 8.20. The summed E-state index contributed by atoms with van der Waals surface area (Å²) in [4.78, 5) is 22.4. The largest absolute Gasteiger partial charge is 0.468 e. The Morgan fingerprint density at radius 2 is 1.96 bits per heavy atom. The van der Waals surface area contributed by atoms with E-state index < -0.39 is 45.3 Å². The van der Waals surface area contributed by atoms with Crippen LogP contribution in [0.25, 0.3) is 0 Å². The van der Waals surface area contributed by atoms with Crippen LogP contribution < -0.4 is 11.5 Å². The number of rotatable bonds is 6. The number of ether oxygens (including phenoxy) is 1. The molecule has 1 amide bonds. The molecule has 0 saturated carbocycles. The number of amides is 1. The highest BCUT2D eigenvalue weighted by Crippen LogP contribution is 2.33. The fourth-order valence-corrected chi connectivity index (χ4v) is 3.15. The Kier molecular flexibility index (Phi) is 6.11. The van der Waals surface area contributed by atoms with Crippen molar-refractivity contribution in [2.75, 3.05) is 7.11 Å². The molecule has 0 aliphatic heterocycles. The van der Waals surface area contributed by atoms with Crippen molar-refractivity contribution in [2.45, 2.75) is 30.2 Å². The third-order valence-electron chi connectivity index (χ3n) is 3.30. The minimum atomic E-state index is -4.66. The van der Waals surface area contributed by atoms with Gasteiger partial charge in [-0.3, -0.25) is 14.1 Å². The molecule has 0 aromatic heterocycles. The maximum Gasteiger partial charge on any atom is 0.323 e.